The topological polar surface area (TPSA) is 135 Å². The molecule has 34 heavy (non-hydrogen) atoms. The Balaban J connectivity index is 1.47. The van der Waals surface area contributed by atoms with Crippen LogP contribution in [0.5, 0.6) is 0 Å². The van der Waals surface area contributed by atoms with Crippen LogP contribution < -0.4 is 10.2 Å². The number of anilines is 2. The van der Waals surface area contributed by atoms with E-state index in [1.807, 2.05) is 17.9 Å². The van der Waals surface area contributed by atoms with Gasteiger partial charge in [0, 0.05) is 44.4 Å². The molecule has 182 valence electrons. The summed E-state index contributed by atoms with van der Waals surface area (Å²) in [5, 5.41) is 14.7. The molecule has 3 heterocycles. The van der Waals surface area contributed by atoms with Crippen molar-refractivity contribution < 1.29 is 22.9 Å². The number of nitro groups is 1. The number of amides is 1. The van der Waals surface area contributed by atoms with Crippen LogP contribution >= 0.6 is 0 Å². The number of nitrogens with one attached hydrogen (secondary N) is 1. The first-order valence-electron chi connectivity index (χ1n) is 11.1. The van der Waals surface area contributed by atoms with Crippen molar-refractivity contribution in [3.63, 3.8) is 0 Å². The standard InChI is InChI=1S/C22H27N5O6S/c1-16-3-2-8-23-21(16)24-22(28)17-6-9-25(10-7-17)19-5-4-18(15-20(19)27(29)30)34(31,32)26-11-13-33-14-12-26/h2-5,8,15,17H,6-7,9-14H2,1H3,(H,23,24,28). The molecule has 0 atom stereocenters. The fourth-order valence-corrected chi connectivity index (χ4v) is 5.66. The average Bonchev–Trinajstić information content (AvgIpc) is 2.85. The molecule has 0 bridgehead atoms. The van der Waals surface area contributed by atoms with Gasteiger partial charge >= 0.3 is 0 Å². The number of aryl methyl sites for hydroxylation is 1. The van der Waals surface area contributed by atoms with Gasteiger partial charge in [0.25, 0.3) is 5.69 Å². The van der Waals surface area contributed by atoms with E-state index in [2.05, 4.69) is 10.3 Å². The molecule has 1 N–H and O–H groups in total. The number of ether oxygens (including phenoxy) is 1. The SMILES string of the molecule is Cc1cccnc1NC(=O)C1CCN(c2ccc(S(=O)(=O)N3CCOCC3)cc2[N+](=O)[O-])CC1. The van der Waals surface area contributed by atoms with Gasteiger partial charge in [-0.1, -0.05) is 6.07 Å². The quantitative estimate of drug-likeness (QED) is 0.482. The van der Waals surface area contributed by atoms with E-state index in [4.69, 9.17) is 4.74 Å². The Hall–Kier alpha value is -3.09. The maximum Gasteiger partial charge on any atom is 0.293 e. The molecule has 2 aliphatic rings. The molecule has 0 aliphatic carbocycles. The summed E-state index contributed by atoms with van der Waals surface area (Å²) in [6.07, 6.45) is 2.65. The van der Waals surface area contributed by atoms with E-state index in [9.17, 15) is 23.3 Å². The second-order valence-corrected chi connectivity index (χ2v) is 10.3. The molecule has 0 saturated carbocycles. The van der Waals surface area contributed by atoms with Gasteiger partial charge in [-0.3, -0.25) is 14.9 Å². The van der Waals surface area contributed by atoms with Gasteiger partial charge in [0.15, 0.2) is 0 Å². The summed E-state index contributed by atoms with van der Waals surface area (Å²) >= 11 is 0. The summed E-state index contributed by atoms with van der Waals surface area (Å²) in [4.78, 5) is 29.9. The summed E-state index contributed by atoms with van der Waals surface area (Å²) in [7, 11) is -3.85. The highest BCUT2D eigenvalue weighted by Gasteiger charge is 2.32. The van der Waals surface area contributed by atoms with Crippen LogP contribution in [0.15, 0.2) is 41.4 Å². The highest BCUT2D eigenvalue weighted by Crippen LogP contribution is 2.34. The fourth-order valence-electron chi connectivity index (χ4n) is 4.23. The Labute approximate surface area is 197 Å². The van der Waals surface area contributed by atoms with Gasteiger partial charge in [-0.2, -0.15) is 4.31 Å². The highest BCUT2D eigenvalue weighted by molar-refractivity contribution is 7.89. The molecule has 1 amide bonds. The summed E-state index contributed by atoms with van der Waals surface area (Å²) in [5.41, 5.74) is 0.961. The van der Waals surface area contributed by atoms with Gasteiger partial charge in [0.2, 0.25) is 15.9 Å². The van der Waals surface area contributed by atoms with Gasteiger partial charge in [-0.15, -0.1) is 0 Å². The first-order valence-corrected chi connectivity index (χ1v) is 12.5. The van der Waals surface area contributed by atoms with Crippen LogP contribution in [0.25, 0.3) is 0 Å². The van der Waals surface area contributed by atoms with E-state index in [1.165, 1.54) is 16.4 Å². The lowest BCUT2D eigenvalue weighted by atomic mass is 9.95. The van der Waals surface area contributed by atoms with E-state index in [0.29, 0.717) is 50.7 Å². The zero-order chi connectivity index (χ0) is 24.3. The number of carbonyl (C=O) groups excluding carboxylic acids is 1. The predicted octanol–water partition coefficient (Wildman–Crippen LogP) is 2.17. The van der Waals surface area contributed by atoms with Gasteiger partial charge in [-0.25, -0.2) is 13.4 Å². The Kier molecular flexibility index (Phi) is 7.10. The minimum Gasteiger partial charge on any atom is -0.379 e. The zero-order valence-electron chi connectivity index (χ0n) is 18.8. The van der Waals surface area contributed by atoms with E-state index in [1.54, 1.807) is 12.3 Å². The zero-order valence-corrected chi connectivity index (χ0v) is 19.7. The molecule has 11 nitrogen and oxygen atoms in total. The van der Waals surface area contributed by atoms with Crippen LogP contribution in [0.4, 0.5) is 17.2 Å². The van der Waals surface area contributed by atoms with Crippen molar-refractivity contribution in [3.8, 4) is 0 Å². The predicted molar refractivity (Wildman–Crippen MR) is 125 cm³/mol. The molecule has 2 fully saturated rings. The van der Waals surface area contributed by atoms with Crippen LogP contribution in [0.3, 0.4) is 0 Å². The van der Waals surface area contributed by atoms with Gasteiger partial charge in [-0.05, 0) is 43.5 Å². The first-order chi connectivity index (χ1) is 16.3. The molecule has 0 spiro atoms. The second-order valence-electron chi connectivity index (χ2n) is 8.34. The number of benzene rings is 1. The molecule has 1 aromatic carbocycles. The number of rotatable bonds is 6. The Bertz CT molecular complexity index is 1170. The van der Waals surface area contributed by atoms with Crippen molar-refractivity contribution in [1.82, 2.24) is 9.29 Å². The van der Waals surface area contributed by atoms with Crippen molar-refractivity contribution in [2.75, 3.05) is 49.6 Å². The smallest absolute Gasteiger partial charge is 0.293 e. The molecule has 12 heteroatoms. The Morgan fingerprint density at radius 1 is 1.18 bits per heavy atom. The highest BCUT2D eigenvalue weighted by atomic mass is 32.2. The van der Waals surface area contributed by atoms with Crippen molar-refractivity contribution in [3.05, 3.63) is 52.2 Å². The Morgan fingerprint density at radius 3 is 2.53 bits per heavy atom. The lowest BCUT2D eigenvalue weighted by Crippen LogP contribution is -2.40. The molecule has 2 aromatic rings. The van der Waals surface area contributed by atoms with E-state index < -0.39 is 14.9 Å². The number of nitrogens with zero attached hydrogens (tertiary/aromatic N) is 4. The molecule has 0 unspecified atom stereocenters. The molecular weight excluding hydrogens is 462 g/mol. The summed E-state index contributed by atoms with van der Waals surface area (Å²) in [5.74, 6) is 0.170. The van der Waals surface area contributed by atoms with Crippen LogP contribution in [-0.2, 0) is 19.6 Å². The minimum atomic E-state index is -3.85. The number of sulfonamides is 1. The summed E-state index contributed by atoms with van der Waals surface area (Å²) < 4.78 is 32.3. The monoisotopic (exact) mass is 489 g/mol. The van der Waals surface area contributed by atoms with Crippen molar-refractivity contribution in [1.29, 1.82) is 0 Å². The third-order valence-corrected chi connectivity index (χ3v) is 8.10. The molecule has 4 rings (SSSR count). The number of hydrogen-bond donors (Lipinski definition) is 1. The summed E-state index contributed by atoms with van der Waals surface area (Å²) in [6.45, 7) is 3.76. The van der Waals surface area contributed by atoms with Gasteiger partial charge in [0.05, 0.1) is 23.0 Å². The third kappa shape index (κ3) is 5.03. The molecule has 0 radical (unpaired) electrons. The van der Waals surface area contributed by atoms with Crippen LogP contribution in [0, 0.1) is 23.0 Å². The largest absolute Gasteiger partial charge is 0.379 e. The van der Waals surface area contributed by atoms with E-state index in [0.717, 1.165) is 11.6 Å². The first kappa shape index (κ1) is 24.0. The maximum absolute atomic E-state index is 12.9. The number of aromatic nitrogens is 1. The van der Waals surface area contributed by atoms with Crippen LogP contribution in [-0.4, -0.2) is 67.9 Å². The van der Waals surface area contributed by atoms with Crippen molar-refractivity contribution >= 4 is 33.1 Å². The molecule has 2 aliphatic heterocycles. The number of nitro benzene ring substituents is 1. The van der Waals surface area contributed by atoms with Crippen LogP contribution in [0.1, 0.15) is 18.4 Å². The number of hydrogen-bond acceptors (Lipinski definition) is 8. The van der Waals surface area contributed by atoms with Crippen molar-refractivity contribution in [2.45, 2.75) is 24.7 Å². The minimum absolute atomic E-state index is 0.107. The normalized spacial score (nSPS) is 18.0. The van der Waals surface area contributed by atoms with E-state index >= 15 is 0 Å². The van der Waals surface area contributed by atoms with Crippen LogP contribution in [0.2, 0.25) is 0 Å². The lowest BCUT2D eigenvalue weighted by molar-refractivity contribution is -0.384. The fraction of sp³-hybridized carbons (Fsp3) is 0.455. The van der Waals surface area contributed by atoms with Gasteiger partial charge < -0.3 is 15.0 Å². The lowest BCUT2D eigenvalue weighted by Gasteiger charge is -2.33. The maximum atomic E-state index is 12.9. The Morgan fingerprint density at radius 2 is 1.88 bits per heavy atom. The molecule has 2 saturated heterocycles. The number of carbonyl (C=O) groups is 1. The van der Waals surface area contributed by atoms with Gasteiger partial charge in [0.1, 0.15) is 11.5 Å². The summed E-state index contributed by atoms with van der Waals surface area (Å²) in [6, 6.07) is 7.70. The second kappa shape index (κ2) is 10.0. The third-order valence-electron chi connectivity index (χ3n) is 6.21. The molecular formula is C22H27N5O6S. The number of morpholine rings is 1. The number of piperidine rings is 1. The van der Waals surface area contributed by atoms with Crippen molar-refractivity contribution in [2.24, 2.45) is 5.92 Å². The van der Waals surface area contributed by atoms with E-state index in [-0.39, 0.29) is 35.5 Å². The average molecular weight is 490 g/mol. The molecule has 1 aromatic heterocycles. The number of pyridine rings is 1.